The summed E-state index contributed by atoms with van der Waals surface area (Å²) in [5.74, 6) is 0.823. The maximum absolute atomic E-state index is 5.62. The molecule has 16 heavy (non-hydrogen) atoms. The molecule has 2 aromatic carbocycles. The van der Waals surface area contributed by atoms with Crippen molar-refractivity contribution in [3.8, 4) is 5.75 Å². The fraction of sp³-hybridized carbons (Fsp3) is 0. The molecule has 0 spiro atoms. The smallest absolute Gasteiger partial charge is 0.138 e. The number of hydrogen-bond acceptors (Lipinski definition) is 3. The lowest BCUT2D eigenvalue weighted by Gasteiger charge is -2.06. The summed E-state index contributed by atoms with van der Waals surface area (Å²) in [4.78, 5) is 1.14. The van der Waals surface area contributed by atoms with Crippen molar-refractivity contribution < 1.29 is 4.18 Å². The summed E-state index contributed by atoms with van der Waals surface area (Å²) >= 11 is 5.27. The minimum atomic E-state index is -0.572. The fourth-order valence-electron chi connectivity index (χ4n) is 1.13. The van der Waals surface area contributed by atoms with Gasteiger partial charge in [0, 0.05) is 16.1 Å². The zero-order valence-electron chi connectivity index (χ0n) is 8.41. The summed E-state index contributed by atoms with van der Waals surface area (Å²) in [6.45, 7) is 0. The summed E-state index contributed by atoms with van der Waals surface area (Å²) < 4.78 is 5.62. The van der Waals surface area contributed by atoms with Crippen LogP contribution in [-0.2, 0) is 20.0 Å². The highest BCUT2D eigenvalue weighted by atomic mass is 33.3. The van der Waals surface area contributed by atoms with Gasteiger partial charge >= 0.3 is 0 Å². The standard InChI is InChI=1S/C12H10OS3/c14-16(13-11-7-3-1-4-8-11)15-12-9-5-2-6-10-12/h1-10H. The Morgan fingerprint density at radius 3 is 2.06 bits per heavy atom. The third-order valence-electron chi connectivity index (χ3n) is 1.81. The molecular formula is C12H10OS3. The number of para-hydroxylation sites is 1. The van der Waals surface area contributed by atoms with Gasteiger partial charge in [-0.25, -0.2) is 0 Å². The molecule has 0 aliphatic carbocycles. The summed E-state index contributed by atoms with van der Waals surface area (Å²) in [6, 6.07) is 19.7. The van der Waals surface area contributed by atoms with Crippen molar-refractivity contribution in [1.29, 1.82) is 0 Å². The Morgan fingerprint density at radius 2 is 1.44 bits per heavy atom. The molecule has 0 aliphatic heterocycles. The van der Waals surface area contributed by atoms with Crippen LogP contribution in [0.5, 0.6) is 5.75 Å². The van der Waals surface area contributed by atoms with Crippen LogP contribution in [-0.4, -0.2) is 0 Å². The lowest BCUT2D eigenvalue weighted by atomic mass is 10.3. The van der Waals surface area contributed by atoms with E-state index in [0.717, 1.165) is 10.6 Å². The average molecular weight is 266 g/mol. The van der Waals surface area contributed by atoms with Crippen LogP contribution in [0.15, 0.2) is 65.6 Å². The van der Waals surface area contributed by atoms with E-state index in [4.69, 9.17) is 15.4 Å². The van der Waals surface area contributed by atoms with Crippen LogP contribution in [0, 0.1) is 0 Å². The molecule has 2 aromatic rings. The van der Waals surface area contributed by atoms with Gasteiger partial charge in [-0.2, -0.15) is 0 Å². The Labute approximate surface area is 106 Å². The predicted octanol–water partition coefficient (Wildman–Crippen LogP) is 3.77. The monoisotopic (exact) mass is 266 g/mol. The van der Waals surface area contributed by atoms with Gasteiger partial charge in [0.2, 0.25) is 0 Å². The van der Waals surface area contributed by atoms with Crippen LogP contribution in [0.25, 0.3) is 0 Å². The van der Waals surface area contributed by atoms with E-state index >= 15 is 0 Å². The minimum absolute atomic E-state index is 0.572. The maximum Gasteiger partial charge on any atom is 0.138 e. The summed E-state index contributed by atoms with van der Waals surface area (Å²) in [5, 5.41) is 0. The molecule has 0 saturated heterocycles. The second-order valence-electron chi connectivity index (χ2n) is 3.00. The molecule has 0 radical (unpaired) electrons. The minimum Gasteiger partial charge on any atom is -0.413 e. The largest absolute Gasteiger partial charge is 0.413 e. The van der Waals surface area contributed by atoms with Crippen LogP contribution in [0.1, 0.15) is 0 Å². The predicted molar refractivity (Wildman–Crippen MR) is 74.1 cm³/mol. The lowest BCUT2D eigenvalue weighted by Crippen LogP contribution is -1.93. The van der Waals surface area contributed by atoms with Crippen LogP contribution in [0.3, 0.4) is 0 Å². The van der Waals surface area contributed by atoms with Crippen molar-refractivity contribution in [2.45, 2.75) is 4.90 Å². The molecule has 0 aliphatic rings. The maximum atomic E-state index is 5.62. The third-order valence-corrected chi connectivity index (χ3v) is 4.75. The van der Waals surface area contributed by atoms with Gasteiger partial charge in [-0.05, 0) is 35.1 Å². The van der Waals surface area contributed by atoms with E-state index in [9.17, 15) is 0 Å². The highest BCUT2D eigenvalue weighted by molar-refractivity contribution is 8.81. The second kappa shape index (κ2) is 6.03. The molecule has 0 bridgehead atoms. The molecule has 1 nitrogen and oxygen atoms in total. The van der Waals surface area contributed by atoms with Crippen molar-refractivity contribution in [1.82, 2.24) is 0 Å². The normalized spacial score (nSPS) is 12.0. The molecule has 0 N–H and O–H groups in total. The summed E-state index contributed by atoms with van der Waals surface area (Å²) in [5.41, 5.74) is 0. The van der Waals surface area contributed by atoms with Crippen molar-refractivity contribution in [3.05, 3.63) is 60.7 Å². The first-order valence-corrected chi connectivity index (χ1v) is 8.14. The number of rotatable bonds is 4. The van der Waals surface area contributed by atoms with Crippen molar-refractivity contribution in [3.63, 3.8) is 0 Å². The van der Waals surface area contributed by atoms with E-state index in [1.807, 2.05) is 60.7 Å². The number of hydrogen-bond donors (Lipinski definition) is 0. The van der Waals surface area contributed by atoms with Gasteiger partial charge in [-0.1, -0.05) is 36.4 Å². The van der Waals surface area contributed by atoms with E-state index < -0.39 is 8.77 Å². The van der Waals surface area contributed by atoms with Crippen LogP contribution in [0.2, 0.25) is 0 Å². The van der Waals surface area contributed by atoms with Gasteiger partial charge < -0.3 is 4.18 Å². The Morgan fingerprint density at radius 1 is 0.875 bits per heavy atom. The molecular weight excluding hydrogens is 256 g/mol. The Balaban J connectivity index is 1.95. The van der Waals surface area contributed by atoms with Gasteiger partial charge in [-0.3, -0.25) is 0 Å². The van der Waals surface area contributed by atoms with E-state index in [1.165, 1.54) is 0 Å². The molecule has 1 unspecified atom stereocenters. The molecule has 0 saturated carbocycles. The lowest BCUT2D eigenvalue weighted by molar-refractivity contribution is 0.650. The molecule has 1 atom stereocenters. The van der Waals surface area contributed by atoms with E-state index in [1.54, 1.807) is 10.8 Å². The number of benzene rings is 2. The van der Waals surface area contributed by atoms with Crippen LogP contribution < -0.4 is 4.18 Å². The molecule has 0 amide bonds. The van der Waals surface area contributed by atoms with Gasteiger partial charge in [0.05, 0.1) is 0 Å². The van der Waals surface area contributed by atoms with Gasteiger partial charge in [0.15, 0.2) is 0 Å². The van der Waals surface area contributed by atoms with E-state index in [-0.39, 0.29) is 0 Å². The van der Waals surface area contributed by atoms with E-state index in [2.05, 4.69) is 0 Å². The third kappa shape index (κ3) is 3.63. The Bertz CT molecular complexity index is 413. The van der Waals surface area contributed by atoms with Gasteiger partial charge in [0.25, 0.3) is 0 Å². The Hall–Kier alpha value is -0.840. The Kier molecular flexibility index (Phi) is 4.39. The molecule has 0 fully saturated rings. The SMILES string of the molecule is S=S(Oc1ccccc1)Sc1ccccc1. The van der Waals surface area contributed by atoms with Crippen molar-refractivity contribution in [2.75, 3.05) is 0 Å². The van der Waals surface area contributed by atoms with Crippen LogP contribution >= 0.6 is 10.8 Å². The summed E-state index contributed by atoms with van der Waals surface area (Å²) in [7, 11) is 0.987. The fourth-order valence-corrected chi connectivity index (χ4v) is 3.94. The molecule has 82 valence electrons. The topological polar surface area (TPSA) is 9.23 Å². The molecule has 0 aromatic heterocycles. The first-order valence-electron chi connectivity index (χ1n) is 4.73. The summed E-state index contributed by atoms with van der Waals surface area (Å²) in [6.07, 6.45) is 0. The highest BCUT2D eigenvalue weighted by Gasteiger charge is 2.00. The van der Waals surface area contributed by atoms with Gasteiger partial charge in [-0.15, -0.1) is 0 Å². The average Bonchev–Trinajstić information content (AvgIpc) is 2.31. The zero-order valence-corrected chi connectivity index (χ0v) is 10.9. The molecule has 4 heteroatoms. The quantitative estimate of drug-likeness (QED) is 0.780. The van der Waals surface area contributed by atoms with E-state index in [0.29, 0.717) is 0 Å². The molecule has 0 heterocycles. The second-order valence-corrected chi connectivity index (χ2v) is 7.16. The molecule has 2 rings (SSSR count). The van der Waals surface area contributed by atoms with Crippen LogP contribution in [0.4, 0.5) is 0 Å². The van der Waals surface area contributed by atoms with Crippen molar-refractivity contribution in [2.24, 2.45) is 0 Å². The first-order chi connectivity index (χ1) is 7.84. The van der Waals surface area contributed by atoms with Gasteiger partial charge in [0.1, 0.15) is 14.5 Å². The zero-order chi connectivity index (χ0) is 11.2. The van der Waals surface area contributed by atoms with Crippen molar-refractivity contribution >= 4 is 30.7 Å². The first kappa shape index (κ1) is 11.6. The highest BCUT2D eigenvalue weighted by Crippen LogP contribution is 2.24.